The fraction of sp³-hybridized carbons (Fsp3) is 0.217. The van der Waals surface area contributed by atoms with Crippen LogP contribution in [0.2, 0.25) is 0 Å². The molecule has 186 valence electrons. The number of alkyl halides is 2. The van der Waals surface area contributed by atoms with Crippen LogP contribution in [0.25, 0.3) is 21.9 Å². The fourth-order valence-electron chi connectivity index (χ4n) is 3.37. The van der Waals surface area contributed by atoms with E-state index in [4.69, 9.17) is 4.74 Å². The van der Waals surface area contributed by atoms with E-state index in [-0.39, 0.29) is 23.8 Å². The first-order chi connectivity index (χ1) is 17.3. The van der Waals surface area contributed by atoms with Gasteiger partial charge >= 0.3 is 6.02 Å². The molecule has 0 aliphatic heterocycles. The van der Waals surface area contributed by atoms with Crippen LogP contribution in [0.15, 0.2) is 58.5 Å². The lowest BCUT2D eigenvalue weighted by atomic mass is 10.2. The molecule has 10 nitrogen and oxygen atoms in total. The minimum absolute atomic E-state index is 0.0925. The van der Waals surface area contributed by atoms with Gasteiger partial charge < -0.3 is 10.1 Å². The summed E-state index contributed by atoms with van der Waals surface area (Å²) in [5, 5.41) is 10.3. The largest absolute Gasteiger partial charge is 0.467 e. The molecule has 4 aromatic heterocycles. The van der Waals surface area contributed by atoms with Crippen LogP contribution >= 0.6 is 11.3 Å². The molecule has 36 heavy (non-hydrogen) atoms. The number of ether oxygens (including phenoxy) is 1. The number of nitrogens with one attached hydrogen (secondary N) is 1. The van der Waals surface area contributed by atoms with E-state index >= 15 is 0 Å². The lowest BCUT2D eigenvalue weighted by molar-refractivity contribution is 0.0956. The lowest BCUT2D eigenvalue weighted by Crippen LogP contribution is -2.25. The Labute approximate surface area is 208 Å². The molecule has 1 amide bonds. The highest BCUT2D eigenvalue weighted by Gasteiger charge is 2.22. The molecule has 0 spiro atoms. The first-order valence-corrected chi connectivity index (χ1v) is 11.4. The summed E-state index contributed by atoms with van der Waals surface area (Å²) in [6, 6.07) is 5.47. The highest BCUT2D eigenvalue weighted by molar-refractivity contribution is 7.15. The van der Waals surface area contributed by atoms with Gasteiger partial charge in [-0.1, -0.05) is 5.21 Å². The maximum Gasteiger partial charge on any atom is 0.315 e. The molecule has 0 unspecified atom stereocenters. The number of halogens is 2. The average molecular weight is 513 g/mol. The second-order valence-electron chi connectivity index (χ2n) is 7.66. The van der Waals surface area contributed by atoms with Gasteiger partial charge in [0.15, 0.2) is 5.65 Å². The van der Waals surface area contributed by atoms with Gasteiger partial charge in [0.2, 0.25) is 0 Å². The van der Waals surface area contributed by atoms with Gasteiger partial charge in [-0.05, 0) is 44.3 Å². The van der Waals surface area contributed by atoms with Crippen LogP contribution in [-0.4, -0.2) is 56.7 Å². The summed E-state index contributed by atoms with van der Waals surface area (Å²) in [7, 11) is 1.42. The highest BCUT2D eigenvalue weighted by Crippen LogP contribution is 2.31. The Bertz CT molecular complexity index is 1480. The lowest BCUT2D eigenvalue weighted by Gasteiger charge is -2.12. The number of pyridine rings is 1. The van der Waals surface area contributed by atoms with E-state index in [1.165, 1.54) is 19.4 Å². The highest BCUT2D eigenvalue weighted by atomic mass is 32.1. The van der Waals surface area contributed by atoms with Crippen LogP contribution in [0.4, 0.5) is 8.78 Å². The zero-order chi connectivity index (χ0) is 25.8. The van der Waals surface area contributed by atoms with Crippen molar-refractivity contribution in [2.24, 2.45) is 9.98 Å². The number of hydrogen-bond acceptors (Lipinski definition) is 7. The van der Waals surface area contributed by atoms with Crippen LogP contribution in [0.3, 0.4) is 0 Å². The van der Waals surface area contributed by atoms with Crippen molar-refractivity contribution in [1.82, 2.24) is 29.7 Å². The van der Waals surface area contributed by atoms with E-state index in [2.05, 4.69) is 37.3 Å². The van der Waals surface area contributed by atoms with Crippen LogP contribution in [0.5, 0.6) is 0 Å². The van der Waals surface area contributed by atoms with Crippen molar-refractivity contribution in [2.75, 3.05) is 13.7 Å². The summed E-state index contributed by atoms with van der Waals surface area (Å²) in [6.07, 6.45) is 2.92. The van der Waals surface area contributed by atoms with Crippen LogP contribution in [-0.2, 0) is 4.74 Å². The Balaban J connectivity index is 1.75. The zero-order valence-corrected chi connectivity index (χ0v) is 20.5. The van der Waals surface area contributed by atoms with Crippen LogP contribution in [0.1, 0.15) is 34.3 Å². The first-order valence-electron chi connectivity index (χ1n) is 10.6. The van der Waals surface area contributed by atoms with Crippen molar-refractivity contribution in [3.63, 3.8) is 0 Å². The number of aliphatic imine (C=N–C) groups is 2. The third-order valence-corrected chi connectivity index (χ3v) is 6.13. The molecule has 4 aromatic rings. The minimum Gasteiger partial charge on any atom is -0.467 e. The molecule has 0 bridgehead atoms. The maximum atomic E-state index is 13.6. The number of imidazole rings is 1. The number of hydrogen-bond donors (Lipinski definition) is 1. The molecular weight excluding hydrogens is 490 g/mol. The fourth-order valence-corrected chi connectivity index (χ4v) is 4.25. The minimum atomic E-state index is -2.82. The third kappa shape index (κ3) is 5.05. The Morgan fingerprint density at radius 1 is 1.36 bits per heavy atom. The Morgan fingerprint density at radius 3 is 2.83 bits per heavy atom. The number of nitrogens with zero attached hydrogens (tertiary/aromatic N) is 7. The number of fused-ring (bicyclic) bond motifs is 1. The molecule has 0 radical (unpaired) electrons. The molecule has 4 heterocycles. The molecule has 0 aliphatic rings. The number of aryl methyl sites for hydroxylation is 1. The van der Waals surface area contributed by atoms with Gasteiger partial charge in [-0.15, -0.1) is 16.4 Å². The van der Waals surface area contributed by atoms with E-state index in [1.807, 2.05) is 19.1 Å². The standard InChI is InChI=1S/C23H22F2N8O2S/c1-13(9-29-23(26-3)35-4)8-28-22(34)15-7-16(33-18(20(24)25)11-30-31-33)21-27-10-17(32(21)12-15)19-6-5-14(2)36-19/h5-7,9-12,20H,3,8H2,1-2,4H3,(H,28,34)/b13-9+,29-23?. The van der Waals surface area contributed by atoms with Crippen molar-refractivity contribution in [3.8, 4) is 16.3 Å². The van der Waals surface area contributed by atoms with Crippen molar-refractivity contribution >= 4 is 35.6 Å². The van der Waals surface area contributed by atoms with Gasteiger partial charge in [-0.3, -0.25) is 9.20 Å². The predicted octanol–water partition coefficient (Wildman–Crippen LogP) is 4.23. The summed E-state index contributed by atoms with van der Waals surface area (Å²) in [6.45, 7) is 7.28. The summed E-state index contributed by atoms with van der Waals surface area (Å²) in [5.41, 5.74) is 1.81. The van der Waals surface area contributed by atoms with Gasteiger partial charge in [0.1, 0.15) is 11.4 Å². The number of amides is 1. The summed E-state index contributed by atoms with van der Waals surface area (Å²) in [5.74, 6) is -0.426. The van der Waals surface area contributed by atoms with Gasteiger partial charge in [-0.2, -0.15) is 0 Å². The topological polar surface area (TPSA) is 111 Å². The number of aromatic nitrogens is 5. The van der Waals surface area contributed by atoms with E-state index in [0.717, 1.165) is 26.2 Å². The molecule has 13 heteroatoms. The normalized spacial score (nSPS) is 12.4. The SMILES string of the molecule is C=NC(=N/C=C(\C)CNC(=O)c1cc(-n2nncc2C(F)F)c2ncc(-c3ccc(C)s3)n2c1)OC. The molecule has 0 aromatic carbocycles. The number of carbonyl (C=O) groups excluding carboxylic acids is 1. The molecule has 0 aliphatic carbocycles. The monoisotopic (exact) mass is 512 g/mol. The number of methoxy groups -OCH3 is 1. The third-order valence-electron chi connectivity index (χ3n) is 5.11. The van der Waals surface area contributed by atoms with E-state index in [1.54, 1.807) is 35.1 Å². The van der Waals surface area contributed by atoms with E-state index in [0.29, 0.717) is 11.3 Å². The summed E-state index contributed by atoms with van der Waals surface area (Å²) < 4.78 is 34.9. The van der Waals surface area contributed by atoms with Gasteiger partial charge in [0, 0.05) is 23.8 Å². The van der Waals surface area contributed by atoms with Crippen molar-refractivity contribution in [2.45, 2.75) is 20.3 Å². The summed E-state index contributed by atoms with van der Waals surface area (Å²) >= 11 is 1.55. The quantitative estimate of drug-likeness (QED) is 0.294. The molecule has 1 N–H and O–H groups in total. The molecule has 0 fully saturated rings. The molecule has 0 saturated heterocycles. The molecule has 0 atom stereocenters. The van der Waals surface area contributed by atoms with E-state index < -0.39 is 18.0 Å². The molecular formula is C23H22F2N8O2S. The van der Waals surface area contributed by atoms with Crippen LogP contribution < -0.4 is 5.32 Å². The van der Waals surface area contributed by atoms with Crippen molar-refractivity contribution in [1.29, 1.82) is 0 Å². The second kappa shape index (κ2) is 10.6. The zero-order valence-electron chi connectivity index (χ0n) is 19.6. The Hall–Kier alpha value is -4.26. The molecule has 4 rings (SSSR count). The van der Waals surface area contributed by atoms with Crippen LogP contribution in [0, 0.1) is 6.92 Å². The smallest absolute Gasteiger partial charge is 0.315 e. The number of thiophene rings is 1. The van der Waals surface area contributed by atoms with Gasteiger partial charge in [0.05, 0.1) is 35.6 Å². The maximum absolute atomic E-state index is 13.6. The molecule has 0 saturated carbocycles. The van der Waals surface area contributed by atoms with E-state index in [9.17, 15) is 13.6 Å². The number of amidine groups is 1. The average Bonchev–Trinajstić information content (AvgIpc) is 3.61. The summed E-state index contributed by atoms with van der Waals surface area (Å²) in [4.78, 5) is 27.2. The van der Waals surface area contributed by atoms with Gasteiger partial charge in [-0.25, -0.2) is 28.4 Å². The number of carbonyl (C=O) groups is 1. The first kappa shape index (κ1) is 24.9. The van der Waals surface area contributed by atoms with Crippen molar-refractivity contribution < 1.29 is 18.3 Å². The predicted molar refractivity (Wildman–Crippen MR) is 133 cm³/mol. The van der Waals surface area contributed by atoms with Crippen molar-refractivity contribution in [3.05, 3.63) is 64.7 Å². The Kier molecular flexibility index (Phi) is 7.29. The second-order valence-corrected chi connectivity index (χ2v) is 8.95. The Morgan fingerprint density at radius 2 is 2.17 bits per heavy atom. The van der Waals surface area contributed by atoms with Gasteiger partial charge in [0.25, 0.3) is 12.3 Å². The number of rotatable bonds is 7.